The molecular formula is C27H30N6O2. The Bertz CT molecular complexity index is 1210. The maximum atomic E-state index is 12.7. The fourth-order valence-electron chi connectivity index (χ4n) is 5.06. The van der Waals surface area contributed by atoms with Crippen LogP contribution in [0.3, 0.4) is 0 Å². The number of amides is 1. The van der Waals surface area contributed by atoms with E-state index in [9.17, 15) is 10.1 Å². The number of nitrogens with one attached hydrogen (secondary N) is 2. The van der Waals surface area contributed by atoms with Crippen LogP contribution < -0.4 is 15.4 Å². The van der Waals surface area contributed by atoms with Gasteiger partial charge in [0.2, 0.25) is 5.91 Å². The standard InChI is InChI=1S/C27H30N6O2/c1-17(2)35-24-11-6-19(7-12-24)25-16-33(32-31-25)23-9-3-18(4-10-23)13-22(15-28)30-27(34)26-20-5-8-21(14-20)29-26/h3-4,6-7,9-12,16-17,20-22,26,29H,5,8,13-14H2,1-2H3,(H,30,34). The number of benzene rings is 2. The van der Waals surface area contributed by atoms with Gasteiger partial charge in [0.15, 0.2) is 0 Å². The smallest absolute Gasteiger partial charge is 0.238 e. The third-order valence-corrected chi connectivity index (χ3v) is 6.77. The van der Waals surface area contributed by atoms with E-state index in [0.717, 1.165) is 47.5 Å². The number of hydrogen-bond donors (Lipinski definition) is 2. The van der Waals surface area contributed by atoms with Crippen molar-refractivity contribution in [3.63, 3.8) is 0 Å². The largest absolute Gasteiger partial charge is 0.491 e. The molecule has 8 heteroatoms. The molecule has 180 valence electrons. The van der Waals surface area contributed by atoms with Crippen molar-refractivity contribution in [3.05, 3.63) is 60.3 Å². The molecule has 1 aliphatic carbocycles. The Balaban J connectivity index is 1.20. The molecule has 0 radical (unpaired) electrons. The number of fused-ring (bicyclic) bond motifs is 2. The van der Waals surface area contributed by atoms with E-state index in [2.05, 4.69) is 27.0 Å². The molecule has 1 aliphatic heterocycles. The van der Waals surface area contributed by atoms with E-state index in [0.29, 0.717) is 18.4 Å². The summed E-state index contributed by atoms with van der Waals surface area (Å²) in [5, 5.41) is 24.5. The molecule has 1 aromatic heterocycles. The molecule has 1 amide bonds. The first kappa shape index (κ1) is 23.1. The molecule has 35 heavy (non-hydrogen) atoms. The van der Waals surface area contributed by atoms with Crippen LogP contribution in [0, 0.1) is 17.2 Å². The van der Waals surface area contributed by atoms with E-state index in [4.69, 9.17) is 4.74 Å². The predicted octanol–water partition coefficient (Wildman–Crippen LogP) is 3.41. The van der Waals surface area contributed by atoms with Crippen LogP contribution in [-0.4, -0.2) is 45.1 Å². The van der Waals surface area contributed by atoms with Crippen LogP contribution in [0.25, 0.3) is 16.9 Å². The van der Waals surface area contributed by atoms with E-state index in [1.165, 1.54) is 0 Å². The average Bonchev–Trinajstić information content (AvgIpc) is 3.62. The maximum absolute atomic E-state index is 12.7. The molecule has 8 nitrogen and oxygen atoms in total. The number of piperidine rings is 1. The van der Waals surface area contributed by atoms with E-state index >= 15 is 0 Å². The molecule has 2 fully saturated rings. The monoisotopic (exact) mass is 470 g/mol. The molecule has 5 rings (SSSR count). The fourth-order valence-corrected chi connectivity index (χ4v) is 5.06. The number of carbonyl (C=O) groups is 1. The average molecular weight is 471 g/mol. The molecule has 2 heterocycles. The summed E-state index contributed by atoms with van der Waals surface area (Å²) in [6.07, 6.45) is 5.78. The summed E-state index contributed by atoms with van der Waals surface area (Å²) >= 11 is 0. The SMILES string of the molecule is CC(C)Oc1ccc(-c2cn(-c3ccc(CC(C#N)NC(=O)C4NC5CCC4C5)cc3)nn2)cc1. The van der Waals surface area contributed by atoms with Gasteiger partial charge in [0.1, 0.15) is 17.5 Å². The number of ether oxygens (including phenoxy) is 1. The maximum Gasteiger partial charge on any atom is 0.238 e. The molecular weight excluding hydrogens is 440 g/mol. The summed E-state index contributed by atoms with van der Waals surface area (Å²) in [7, 11) is 0. The first-order valence-electron chi connectivity index (χ1n) is 12.2. The van der Waals surface area contributed by atoms with Crippen LogP contribution >= 0.6 is 0 Å². The van der Waals surface area contributed by atoms with E-state index < -0.39 is 6.04 Å². The fraction of sp³-hybridized carbons (Fsp3) is 0.407. The molecule has 2 aliphatic rings. The van der Waals surface area contributed by atoms with Crippen molar-refractivity contribution in [1.29, 1.82) is 5.26 Å². The first-order chi connectivity index (χ1) is 17.0. The van der Waals surface area contributed by atoms with Crippen LogP contribution in [0.2, 0.25) is 0 Å². The Kier molecular flexibility index (Phi) is 6.51. The number of nitriles is 1. The molecule has 3 aromatic rings. The lowest BCUT2D eigenvalue weighted by Crippen LogP contribution is -2.50. The van der Waals surface area contributed by atoms with Gasteiger partial charge in [-0.3, -0.25) is 4.79 Å². The van der Waals surface area contributed by atoms with Crippen molar-refractivity contribution in [2.75, 3.05) is 0 Å². The summed E-state index contributed by atoms with van der Waals surface area (Å²) in [6.45, 7) is 4.00. The Hall–Kier alpha value is -3.70. The zero-order valence-corrected chi connectivity index (χ0v) is 20.0. The minimum Gasteiger partial charge on any atom is -0.491 e. The number of hydrogen-bond acceptors (Lipinski definition) is 6. The Morgan fingerprint density at radius 1 is 1.20 bits per heavy atom. The van der Waals surface area contributed by atoms with Crippen molar-refractivity contribution in [1.82, 2.24) is 25.6 Å². The minimum atomic E-state index is -0.560. The van der Waals surface area contributed by atoms with Gasteiger partial charge in [0, 0.05) is 18.0 Å². The van der Waals surface area contributed by atoms with Crippen LogP contribution in [-0.2, 0) is 11.2 Å². The van der Waals surface area contributed by atoms with E-state index in [1.54, 1.807) is 4.68 Å². The van der Waals surface area contributed by atoms with Crippen molar-refractivity contribution < 1.29 is 9.53 Å². The van der Waals surface area contributed by atoms with Crippen molar-refractivity contribution in [3.8, 4) is 28.8 Å². The van der Waals surface area contributed by atoms with Gasteiger partial charge in [-0.25, -0.2) is 4.68 Å². The van der Waals surface area contributed by atoms with Crippen molar-refractivity contribution >= 4 is 5.91 Å². The molecule has 4 unspecified atom stereocenters. The Morgan fingerprint density at radius 3 is 2.60 bits per heavy atom. The lowest BCUT2D eigenvalue weighted by molar-refractivity contribution is -0.124. The second kappa shape index (κ2) is 9.88. The number of rotatable bonds is 8. The number of carbonyl (C=O) groups excluding carboxylic acids is 1. The van der Waals surface area contributed by atoms with E-state index in [-0.39, 0.29) is 18.1 Å². The van der Waals surface area contributed by atoms with Gasteiger partial charge in [0.05, 0.1) is 30.1 Å². The molecule has 2 bridgehead atoms. The highest BCUT2D eigenvalue weighted by Gasteiger charge is 2.43. The minimum absolute atomic E-state index is 0.0562. The van der Waals surface area contributed by atoms with Crippen LogP contribution in [0.5, 0.6) is 5.75 Å². The lowest BCUT2D eigenvalue weighted by atomic mass is 9.98. The topological polar surface area (TPSA) is 105 Å². The highest BCUT2D eigenvalue weighted by molar-refractivity contribution is 5.83. The summed E-state index contributed by atoms with van der Waals surface area (Å²) < 4.78 is 7.42. The normalized spacial score (nSPS) is 21.6. The van der Waals surface area contributed by atoms with Gasteiger partial charge in [-0.15, -0.1) is 5.10 Å². The van der Waals surface area contributed by atoms with Crippen LogP contribution in [0.15, 0.2) is 54.7 Å². The van der Waals surface area contributed by atoms with Gasteiger partial charge in [-0.1, -0.05) is 17.3 Å². The highest BCUT2D eigenvalue weighted by Crippen LogP contribution is 2.35. The summed E-state index contributed by atoms with van der Waals surface area (Å²) in [4.78, 5) is 12.7. The Morgan fingerprint density at radius 2 is 1.97 bits per heavy atom. The summed E-state index contributed by atoms with van der Waals surface area (Å²) in [5.74, 6) is 1.17. The van der Waals surface area contributed by atoms with Crippen molar-refractivity contribution in [2.24, 2.45) is 5.92 Å². The Labute approximate surface area is 205 Å². The van der Waals surface area contributed by atoms with Crippen molar-refractivity contribution in [2.45, 2.75) is 63.8 Å². The van der Waals surface area contributed by atoms with Gasteiger partial charge >= 0.3 is 0 Å². The number of nitrogens with zero attached hydrogens (tertiary/aromatic N) is 4. The quantitative estimate of drug-likeness (QED) is 0.523. The number of aromatic nitrogens is 3. The second-order valence-electron chi connectivity index (χ2n) is 9.71. The molecule has 2 N–H and O–H groups in total. The third-order valence-electron chi connectivity index (χ3n) is 6.77. The molecule has 1 saturated carbocycles. The molecule has 2 aromatic carbocycles. The van der Waals surface area contributed by atoms with Gasteiger partial charge in [0.25, 0.3) is 0 Å². The van der Waals surface area contributed by atoms with Gasteiger partial charge < -0.3 is 15.4 Å². The first-order valence-corrected chi connectivity index (χ1v) is 12.2. The second-order valence-corrected chi connectivity index (χ2v) is 9.71. The zero-order valence-electron chi connectivity index (χ0n) is 20.0. The summed E-state index contributed by atoms with van der Waals surface area (Å²) in [6, 6.07) is 17.6. The molecule has 1 saturated heterocycles. The third kappa shape index (κ3) is 5.20. The van der Waals surface area contributed by atoms with Crippen LogP contribution in [0.1, 0.15) is 38.7 Å². The highest BCUT2D eigenvalue weighted by atomic mass is 16.5. The molecule has 0 spiro atoms. The molecule has 4 atom stereocenters. The van der Waals surface area contributed by atoms with Gasteiger partial charge in [-0.05, 0) is 81.0 Å². The summed E-state index contributed by atoms with van der Waals surface area (Å²) in [5.41, 5.74) is 3.58. The van der Waals surface area contributed by atoms with Crippen LogP contribution in [0.4, 0.5) is 0 Å². The lowest BCUT2D eigenvalue weighted by Gasteiger charge is -2.23. The van der Waals surface area contributed by atoms with E-state index in [1.807, 2.05) is 68.6 Å². The van der Waals surface area contributed by atoms with Gasteiger partial charge in [-0.2, -0.15) is 5.26 Å². The zero-order chi connectivity index (χ0) is 24.4. The predicted molar refractivity (Wildman–Crippen MR) is 132 cm³/mol.